The minimum absolute atomic E-state index is 0.0970. The summed E-state index contributed by atoms with van der Waals surface area (Å²) >= 11 is 10.5. The number of benzene rings is 13. The maximum atomic E-state index is 8.77. The summed E-state index contributed by atoms with van der Waals surface area (Å²) in [5, 5.41) is 11.7. The van der Waals surface area contributed by atoms with Gasteiger partial charge in [0.25, 0.3) is 0 Å². The second kappa shape index (κ2) is 22.2. The molecule has 0 N–H and O–H groups in total. The highest BCUT2D eigenvalue weighted by Gasteiger charge is 2.31. The first kappa shape index (κ1) is 56.6. The van der Waals surface area contributed by atoms with E-state index in [2.05, 4.69) is 338 Å². The Morgan fingerprint density at radius 1 is 0.295 bits per heavy atom. The Morgan fingerprint density at radius 3 is 1.27 bits per heavy atom. The van der Waals surface area contributed by atoms with Crippen LogP contribution in [0.5, 0.6) is 0 Å². The Hall–Kier alpha value is -9.25. The van der Waals surface area contributed by atoms with Crippen LogP contribution in [0.3, 0.4) is 0 Å². The number of rotatable bonds is 11. The molecule has 4 heteroatoms. The fourth-order valence-corrected chi connectivity index (χ4v) is 14.1. The zero-order valence-corrected chi connectivity index (χ0v) is 53.2. The van der Waals surface area contributed by atoms with Crippen molar-refractivity contribution in [2.24, 2.45) is 0 Å². The van der Waals surface area contributed by atoms with E-state index in [-0.39, 0.29) is 16.2 Å². The average molecular weight is 1180 g/mol. The van der Waals surface area contributed by atoms with E-state index in [9.17, 15) is 0 Å². The van der Waals surface area contributed by atoms with Gasteiger partial charge in [0.2, 0.25) is 0 Å². The summed E-state index contributed by atoms with van der Waals surface area (Å²) in [6.07, 6.45) is 0. The first-order valence-corrected chi connectivity index (χ1v) is 32.0. The van der Waals surface area contributed by atoms with Crippen molar-refractivity contribution in [3.8, 4) is 55.6 Å². The third-order valence-corrected chi connectivity index (χ3v) is 19.1. The van der Waals surface area contributed by atoms with Crippen LogP contribution in [0.15, 0.2) is 266 Å². The number of anilines is 6. The van der Waals surface area contributed by atoms with E-state index in [1.165, 1.54) is 59.1 Å². The first-order valence-electron chi connectivity index (χ1n) is 30.7. The largest absolute Gasteiger partial charge is 0.308 e. The molecule has 0 spiro atoms. The van der Waals surface area contributed by atoms with Crippen LogP contribution in [0, 0.1) is 0 Å². The average Bonchev–Trinajstić information content (AvgIpc) is 1.09. The molecule has 0 saturated heterocycles. The zero-order chi connectivity index (χ0) is 60.6. The van der Waals surface area contributed by atoms with Crippen LogP contribution in [0.2, 0.25) is 5.02 Å². The van der Waals surface area contributed by atoms with Crippen LogP contribution in [0.25, 0.3) is 98.0 Å². The summed E-state index contributed by atoms with van der Waals surface area (Å²) in [5.74, 6) is 0. The Bertz CT molecular complexity index is 4840. The normalized spacial score (nSPS) is 12.2. The van der Waals surface area contributed by atoms with Gasteiger partial charge in [-0.1, -0.05) is 262 Å². The van der Waals surface area contributed by atoms with E-state index in [4.69, 9.17) is 11.6 Å². The summed E-state index contributed by atoms with van der Waals surface area (Å²) in [4.78, 5) is 4.93. The number of fused-ring (bicyclic) bond motifs is 1. The quantitative estimate of drug-likeness (QED) is 0.119. The lowest BCUT2D eigenvalue weighted by Gasteiger charge is -2.34. The number of nitrogens with zero attached hydrogens (tertiary/aromatic N) is 2. The topological polar surface area (TPSA) is 6.48 Å². The molecule has 1 aromatic heterocycles. The molecule has 430 valence electrons. The molecule has 1 heterocycles. The summed E-state index contributed by atoms with van der Waals surface area (Å²) in [5.41, 5.74) is 20.3. The Labute approximate surface area is 527 Å². The van der Waals surface area contributed by atoms with Gasteiger partial charge in [-0.2, -0.15) is 0 Å². The maximum Gasteiger partial charge on any atom is 0.0887 e. The minimum atomic E-state index is -0.160. The first-order chi connectivity index (χ1) is 42.4. The Balaban J connectivity index is 1.12. The molecule has 0 fully saturated rings. The van der Waals surface area contributed by atoms with Crippen molar-refractivity contribution in [2.45, 2.75) is 78.6 Å². The number of hydrogen-bond donors (Lipinski definition) is 0. The van der Waals surface area contributed by atoms with Crippen molar-refractivity contribution < 1.29 is 0 Å². The molecule has 14 rings (SSSR count). The summed E-state index contributed by atoms with van der Waals surface area (Å²) < 4.78 is 1.21. The predicted molar refractivity (Wildman–Crippen MR) is 383 cm³/mol. The van der Waals surface area contributed by atoms with E-state index in [1.54, 1.807) is 11.3 Å². The van der Waals surface area contributed by atoms with Crippen molar-refractivity contribution in [3.05, 3.63) is 288 Å². The monoisotopic (exact) mass is 1170 g/mol. The smallest absolute Gasteiger partial charge is 0.0887 e. The van der Waals surface area contributed by atoms with Gasteiger partial charge >= 0.3 is 0 Å². The molecule has 0 amide bonds. The highest BCUT2D eigenvalue weighted by Crippen LogP contribution is 2.55. The summed E-state index contributed by atoms with van der Waals surface area (Å²) in [7, 11) is 0. The van der Waals surface area contributed by atoms with Crippen LogP contribution >= 0.6 is 22.9 Å². The van der Waals surface area contributed by atoms with Crippen LogP contribution in [-0.4, -0.2) is 0 Å². The molecule has 0 saturated carbocycles. The molecule has 13 aromatic carbocycles. The second-order valence-electron chi connectivity index (χ2n) is 26.7. The molecule has 0 radical (unpaired) electrons. The molecule has 0 atom stereocenters. The van der Waals surface area contributed by atoms with Gasteiger partial charge in [0.05, 0.1) is 33.5 Å². The molecule has 0 aliphatic rings. The molecular formula is C84H71ClN2S. The van der Waals surface area contributed by atoms with Crippen LogP contribution in [0.4, 0.5) is 34.1 Å². The number of thiophene rings is 1. The van der Waals surface area contributed by atoms with Crippen molar-refractivity contribution in [2.75, 3.05) is 9.80 Å². The second-order valence-corrected chi connectivity index (χ2v) is 28.0. The van der Waals surface area contributed by atoms with Gasteiger partial charge in [-0.25, -0.2) is 0 Å². The fraction of sp³-hybridized carbons (Fsp3) is 0.143. The van der Waals surface area contributed by atoms with Gasteiger partial charge in [-0.15, -0.1) is 11.3 Å². The fourth-order valence-electron chi connectivity index (χ4n) is 12.9. The lowest BCUT2D eigenvalue weighted by molar-refractivity contribution is 0.590. The molecule has 88 heavy (non-hydrogen) atoms. The lowest BCUT2D eigenvalue weighted by atomic mass is 9.84. The van der Waals surface area contributed by atoms with Gasteiger partial charge in [-0.3, -0.25) is 0 Å². The summed E-state index contributed by atoms with van der Waals surface area (Å²) in [6.45, 7) is 20.8. The van der Waals surface area contributed by atoms with Crippen LogP contribution in [-0.2, 0) is 16.2 Å². The van der Waals surface area contributed by atoms with E-state index < -0.39 is 0 Å². The van der Waals surface area contributed by atoms with Crippen molar-refractivity contribution in [1.29, 1.82) is 0 Å². The van der Waals surface area contributed by atoms with Crippen LogP contribution in [0.1, 0.15) is 79.0 Å². The van der Waals surface area contributed by atoms with Crippen molar-refractivity contribution in [3.63, 3.8) is 0 Å². The molecule has 14 aromatic rings. The van der Waals surface area contributed by atoms with Gasteiger partial charge in [0, 0.05) is 32.3 Å². The van der Waals surface area contributed by atoms with Gasteiger partial charge in [-0.05, 0) is 183 Å². The van der Waals surface area contributed by atoms with E-state index >= 15 is 0 Å². The minimum Gasteiger partial charge on any atom is -0.308 e. The molecule has 0 aliphatic heterocycles. The third kappa shape index (κ3) is 10.4. The Morgan fingerprint density at radius 2 is 0.716 bits per heavy atom. The molecular weight excluding hydrogens is 1100 g/mol. The van der Waals surface area contributed by atoms with Gasteiger partial charge in [0.1, 0.15) is 0 Å². The SMILES string of the molecule is CC(C)(C)c1ccc(N(c2ccc(-c3ccccc3)cc2)c2cc(-c3ccccc3-c3ccccc3)cc(N(c3ccc(C(C)(C)C)cc3-c3ccccc3)c3csc4ccc(C(C)(C)C)cc34)c2Cl)c(-c2cc3ccc4cccc5ccc(c2)c3c45)c1. The third-order valence-electron chi connectivity index (χ3n) is 17.8. The lowest BCUT2D eigenvalue weighted by Crippen LogP contribution is -2.17. The molecule has 2 nitrogen and oxygen atoms in total. The van der Waals surface area contributed by atoms with Crippen LogP contribution < -0.4 is 9.80 Å². The highest BCUT2D eigenvalue weighted by atomic mass is 35.5. The predicted octanol–water partition coefficient (Wildman–Crippen LogP) is 25.6. The van der Waals surface area contributed by atoms with E-state index in [1.807, 2.05) is 0 Å². The standard InChI is InChI=1S/C84H71ClN2S/c1-82(2,3)64-39-44-74(70(50-64)57-26-17-12-18-27-57)87(77-53-88-78-45-40-66(52-72(77)78)84(7,8)9)76-49-63(69-31-20-19-30-68(69)56-24-15-11-16-25-56)48-75(81(76)85)86(67-41-36-55(37-42-67)54-22-13-10-14-23-54)73-43-38-65(83(4,5)6)51-71(73)62-46-60-34-32-58-28-21-29-59-33-35-61(47-62)80(60)79(58)59/h10-53H,1-9H3. The number of hydrogen-bond acceptors (Lipinski definition) is 3. The highest BCUT2D eigenvalue weighted by molar-refractivity contribution is 7.17. The Kier molecular flexibility index (Phi) is 14.2. The molecule has 0 aliphatic carbocycles. The maximum absolute atomic E-state index is 8.77. The van der Waals surface area contributed by atoms with E-state index in [0.29, 0.717) is 5.02 Å². The zero-order valence-electron chi connectivity index (χ0n) is 51.6. The number of halogens is 1. The van der Waals surface area contributed by atoms with Gasteiger partial charge in [0.15, 0.2) is 0 Å². The van der Waals surface area contributed by atoms with Gasteiger partial charge < -0.3 is 9.80 Å². The van der Waals surface area contributed by atoms with Crippen molar-refractivity contribution in [1.82, 2.24) is 0 Å². The molecule has 0 bridgehead atoms. The van der Waals surface area contributed by atoms with Crippen molar-refractivity contribution >= 4 is 99.5 Å². The summed E-state index contributed by atoms with van der Waals surface area (Å²) in [6, 6.07) is 96.9. The van der Waals surface area contributed by atoms with E-state index in [0.717, 1.165) is 89.8 Å². The molecule has 0 unspecified atom stereocenters.